The highest BCUT2D eigenvalue weighted by atomic mass is 32.2. The van der Waals surface area contributed by atoms with E-state index in [9.17, 15) is 45.1 Å². The number of allylic oxidation sites excluding steroid dienone is 6. The number of anilines is 3. The number of carbonyl (C=O) groups is 4. The van der Waals surface area contributed by atoms with Crippen molar-refractivity contribution >= 4 is 98.8 Å². The predicted molar refractivity (Wildman–Crippen MR) is 486 cm³/mol. The van der Waals surface area contributed by atoms with Gasteiger partial charge in [0, 0.05) is 149 Å². The number of nitrogens with one attached hydrogen (secondary N) is 2. The normalized spacial score (nSPS) is 16.7. The Balaban J connectivity index is 0.504. The van der Waals surface area contributed by atoms with Gasteiger partial charge < -0.3 is 35.3 Å². The Bertz CT molecular complexity index is 6770. The van der Waals surface area contributed by atoms with E-state index in [1.54, 1.807) is 66.9 Å². The maximum atomic E-state index is 15.9. The molecule has 30 heteroatoms. The van der Waals surface area contributed by atoms with E-state index in [2.05, 4.69) is 81.0 Å². The lowest BCUT2D eigenvalue weighted by molar-refractivity contribution is -0.401. The molecule has 1 fully saturated rings. The molecule has 662 valence electrons. The molecule has 1 saturated heterocycles. The van der Waals surface area contributed by atoms with E-state index in [-0.39, 0.29) is 94.7 Å². The number of halogens is 2. The number of piperidine rings is 1. The van der Waals surface area contributed by atoms with Crippen LogP contribution in [0.25, 0.3) is 39.1 Å². The number of ketones is 2. The fourth-order valence-corrected chi connectivity index (χ4v) is 21.2. The molecular formula is C98H101F2N11O14S3+2. The number of Topliss-reactive ketones (excluding diaryl/α,β-unsaturated/α-hetero) is 2. The topological polar surface area (TPSA) is 330 Å². The molecule has 6 aliphatic heterocycles. The minimum atomic E-state index is -4.43. The molecule has 0 saturated carbocycles. The number of carbonyl (C=O) groups excluding carboxylic acids is 4. The Hall–Kier alpha value is -12.3. The molecular weight excluding hydrogens is 1690 g/mol. The molecule has 16 rings (SSSR count). The Kier molecular flexibility index (Phi) is 25.6. The van der Waals surface area contributed by atoms with Gasteiger partial charge in [-0.1, -0.05) is 104 Å². The minimum absolute atomic E-state index is 0.0252. The van der Waals surface area contributed by atoms with E-state index in [1.807, 2.05) is 109 Å². The van der Waals surface area contributed by atoms with Crippen LogP contribution in [0, 0.1) is 17.6 Å². The lowest BCUT2D eigenvalue weighted by atomic mass is 9.81. The van der Waals surface area contributed by atoms with Crippen LogP contribution < -0.4 is 40.8 Å². The summed E-state index contributed by atoms with van der Waals surface area (Å²) in [5, 5.41) is 15.7. The number of nitrogens with two attached hydrogens (primary N) is 1. The fraction of sp³-hybridized carbons (Fsp3) is 0.306. The van der Waals surface area contributed by atoms with E-state index in [0.717, 1.165) is 101 Å². The molecule has 25 nitrogen and oxygen atoms in total. The average molecular weight is 1790 g/mol. The zero-order valence-corrected chi connectivity index (χ0v) is 74.2. The molecule has 128 heavy (non-hydrogen) atoms. The summed E-state index contributed by atoms with van der Waals surface area (Å²) >= 11 is 0. The second-order valence-electron chi connectivity index (χ2n) is 34.2. The average Bonchev–Trinajstić information content (AvgIpc) is 1.02. The number of sulfonamides is 1. The number of rotatable bonds is 32. The SMILES string of the molecule is C[N+]1=C(/C=C/C=C/C=C2\N(CCCCCC(=O)NCc3cn(-c4cccc(C(=O)NC(CCCCN)C(=O)COc5c(F)cc(CCC(=O)C6CCN(S(=O)(=O)c7ccccc7-c7c8ccc(=[N+]9CCc%10cc(S(=O)(=O)O)ccc%109)cc-8oc8cc(N9CCc%10ccccc%109)ccc78)CC6)cc5F)c4)nn3)c3ccccc3C2(C)C)C(C)(C)c2cc(S(=O)(=O)O)ccc21. The first-order valence-electron chi connectivity index (χ1n) is 43.1. The van der Waals surface area contributed by atoms with Gasteiger partial charge in [-0.3, -0.25) is 28.3 Å². The number of hydrogen-bond donors (Lipinski definition) is 5. The molecule has 8 aromatic carbocycles. The van der Waals surface area contributed by atoms with Gasteiger partial charge in [-0.2, -0.15) is 30.3 Å². The van der Waals surface area contributed by atoms with Gasteiger partial charge in [-0.05, 0) is 192 Å². The number of unbranched alkanes of at least 4 members (excludes halogenated alkanes) is 3. The summed E-state index contributed by atoms with van der Waals surface area (Å²) in [6, 6.07) is 51.7. The Morgan fingerprint density at radius 2 is 1.42 bits per heavy atom. The third-order valence-electron chi connectivity index (χ3n) is 25.3. The van der Waals surface area contributed by atoms with Crippen molar-refractivity contribution in [1.29, 1.82) is 0 Å². The fourth-order valence-electron chi connectivity index (χ4n) is 18.5. The lowest BCUT2D eigenvalue weighted by Crippen LogP contribution is -2.43. The third kappa shape index (κ3) is 18.5. The number of fused-ring (bicyclic) bond motifs is 6. The van der Waals surface area contributed by atoms with Crippen LogP contribution in [-0.4, -0.2) is 146 Å². The van der Waals surface area contributed by atoms with Crippen molar-refractivity contribution in [2.24, 2.45) is 11.7 Å². The first kappa shape index (κ1) is 89.1. The number of benzene rings is 9. The molecule has 7 heterocycles. The zero-order chi connectivity index (χ0) is 90.1. The lowest BCUT2D eigenvalue weighted by Gasteiger charge is -2.31. The van der Waals surface area contributed by atoms with E-state index in [1.165, 1.54) is 44.4 Å². The number of ether oxygens (including phenoxy) is 1. The van der Waals surface area contributed by atoms with E-state index >= 15 is 17.2 Å². The first-order chi connectivity index (χ1) is 61.3. The van der Waals surface area contributed by atoms with E-state index in [4.69, 9.17) is 14.9 Å². The number of para-hydroxylation sites is 2. The van der Waals surface area contributed by atoms with Gasteiger partial charge in [0.1, 0.15) is 36.5 Å². The van der Waals surface area contributed by atoms with E-state index in [0.29, 0.717) is 90.0 Å². The molecule has 1 aliphatic carbocycles. The van der Waals surface area contributed by atoms with Crippen LogP contribution in [-0.2, 0) is 81.3 Å². The predicted octanol–water partition coefficient (Wildman–Crippen LogP) is 15.1. The molecule has 1 unspecified atom stereocenters. The number of nitrogens with zero attached hydrogens (tertiary/aromatic N) is 8. The molecule has 9 aromatic rings. The van der Waals surface area contributed by atoms with Crippen molar-refractivity contribution in [3.63, 3.8) is 0 Å². The highest BCUT2D eigenvalue weighted by Gasteiger charge is 2.45. The van der Waals surface area contributed by atoms with Crippen LogP contribution >= 0.6 is 0 Å². The summed E-state index contributed by atoms with van der Waals surface area (Å²) in [4.78, 5) is 59.4. The van der Waals surface area contributed by atoms with Gasteiger partial charge in [0.2, 0.25) is 32.7 Å². The summed E-state index contributed by atoms with van der Waals surface area (Å²) in [5.74, 6) is -4.70. The number of amides is 2. The molecule has 7 aliphatic rings. The van der Waals surface area contributed by atoms with Crippen molar-refractivity contribution in [2.45, 2.75) is 149 Å². The maximum Gasteiger partial charge on any atom is 0.294 e. The maximum absolute atomic E-state index is 15.9. The van der Waals surface area contributed by atoms with Crippen molar-refractivity contribution in [2.75, 3.05) is 62.7 Å². The van der Waals surface area contributed by atoms with Crippen LogP contribution in [0.4, 0.5) is 37.2 Å². The van der Waals surface area contributed by atoms with Crippen molar-refractivity contribution < 1.29 is 76.0 Å². The Morgan fingerprint density at radius 1 is 0.688 bits per heavy atom. The second-order valence-corrected chi connectivity index (χ2v) is 39.0. The summed E-state index contributed by atoms with van der Waals surface area (Å²) in [5.41, 5.74) is 19.3. The monoisotopic (exact) mass is 1790 g/mol. The van der Waals surface area contributed by atoms with Crippen molar-refractivity contribution in [1.82, 2.24) is 34.5 Å². The molecule has 0 spiro atoms. The molecule has 0 bridgehead atoms. The summed E-state index contributed by atoms with van der Waals surface area (Å²) in [6.07, 6.45) is 17.1. The Labute approximate surface area is 742 Å². The largest absolute Gasteiger partial charge is 0.480 e. The van der Waals surface area contributed by atoms with Crippen LogP contribution in [0.2, 0.25) is 0 Å². The number of aromatic nitrogens is 3. The molecule has 2 amide bonds. The summed E-state index contributed by atoms with van der Waals surface area (Å²) < 4.78 is 149. The Morgan fingerprint density at radius 3 is 2.20 bits per heavy atom. The molecule has 6 N–H and O–H groups in total. The first-order valence-corrected chi connectivity index (χ1v) is 47.4. The highest BCUT2D eigenvalue weighted by Crippen LogP contribution is 2.50. The van der Waals surface area contributed by atoms with Crippen molar-refractivity contribution in [3.05, 3.63) is 280 Å². The summed E-state index contributed by atoms with van der Waals surface area (Å²) in [7, 11) is -11.1. The van der Waals surface area contributed by atoms with Gasteiger partial charge in [0.05, 0.1) is 50.6 Å². The van der Waals surface area contributed by atoms with Gasteiger partial charge in [0.15, 0.2) is 35.4 Å². The minimum Gasteiger partial charge on any atom is -0.480 e. The number of aryl methyl sites for hydroxylation is 1. The molecule has 0 radical (unpaired) electrons. The molecule has 1 atom stereocenters. The number of hydrogen-bond acceptors (Lipinski definition) is 17. The molecule has 1 aromatic heterocycles. The second kappa shape index (κ2) is 36.8. The van der Waals surface area contributed by atoms with Crippen LogP contribution in [0.3, 0.4) is 0 Å². The van der Waals surface area contributed by atoms with Gasteiger partial charge in [0.25, 0.3) is 26.1 Å². The smallest absolute Gasteiger partial charge is 0.294 e. The standard InChI is InChI=1S/C98H99F2N11O14S3/c1-97(2)77-25-13-15-28-85(77)110(92(97)31-9-6-8-30-91-98(3,4)78-59-73(128(121,122)123)37-41-84(78)106(91)5)48-19-7-10-32-93(114)102-60-68-61-111(105-104-68)71-23-20-22-67(55-71)96(115)103-81(26-17-18-47-101)87(113)62-124-95-79(99)53-63(54-80(95)100)33-42-86(112)65-43-49-107(50-44-65)126(116,117)90-29-16-12-24-76(90)94-74-38-34-69(108-51-45-64-21-11-14-27-82(64)108)57-88(74)125-89-58-70(35-39-75(89)94)109-52-46-66-56-72(127(118,119)120)36-40-83(66)109/h6,8-9,11-16,20-25,27-31,34-41,53-59,61,65,81H,7,10,17-19,26,32-33,42-52,60,62,101H2,1-5H3,(H2-2,102,103,114,115,118,119,120,121,122,123)/p+2. The van der Waals surface area contributed by atoms with E-state index < -0.39 is 83.3 Å². The van der Waals surface area contributed by atoms with Crippen molar-refractivity contribution in [3.8, 4) is 33.9 Å². The zero-order valence-electron chi connectivity index (χ0n) is 71.7. The quantitative estimate of drug-likeness (QED) is 0.00859. The van der Waals surface area contributed by atoms with Gasteiger partial charge >= 0.3 is 0 Å². The van der Waals surface area contributed by atoms with Crippen LogP contribution in [0.5, 0.6) is 5.75 Å². The van der Waals surface area contributed by atoms with Gasteiger partial charge in [-0.25, -0.2) is 21.9 Å². The summed E-state index contributed by atoms with van der Waals surface area (Å²) in [6.45, 7) is 10.1. The third-order valence-corrected chi connectivity index (χ3v) is 29.0. The van der Waals surface area contributed by atoms with Crippen LogP contribution in [0.1, 0.15) is 136 Å². The highest BCUT2D eigenvalue weighted by molar-refractivity contribution is 7.89. The van der Waals surface area contributed by atoms with Crippen LogP contribution in [0.15, 0.2) is 243 Å². The van der Waals surface area contributed by atoms with Gasteiger partial charge in [-0.15, -0.1) is 5.10 Å².